The maximum atomic E-state index is 14.1. The minimum absolute atomic E-state index is 0.0152. The smallest absolute Gasteiger partial charge is 0.254 e. The van der Waals surface area contributed by atoms with Crippen LogP contribution in [0.25, 0.3) is 33.4 Å². The second-order valence-electron chi connectivity index (χ2n) is 13.3. The van der Waals surface area contributed by atoms with Crippen LogP contribution in [0.2, 0.25) is 0 Å². The molecule has 3 saturated heterocycles. The molecule has 0 bridgehead atoms. The van der Waals surface area contributed by atoms with E-state index < -0.39 is 0 Å². The maximum Gasteiger partial charge on any atom is 0.254 e. The molecule has 0 saturated carbocycles. The summed E-state index contributed by atoms with van der Waals surface area (Å²) in [5.74, 6) is 1.13. The maximum absolute atomic E-state index is 14.1. The highest BCUT2D eigenvalue weighted by Crippen LogP contribution is 2.30. The molecule has 0 aliphatic carbocycles. The topological polar surface area (TPSA) is 102 Å². The lowest BCUT2D eigenvalue weighted by Crippen LogP contribution is -2.55. The van der Waals surface area contributed by atoms with Crippen LogP contribution in [-0.4, -0.2) is 113 Å². The van der Waals surface area contributed by atoms with Gasteiger partial charge in [-0.05, 0) is 68.1 Å². The number of nitrogens with zero attached hydrogens (tertiary/aromatic N) is 5. The number of amides is 3. The van der Waals surface area contributed by atoms with Crippen molar-refractivity contribution in [3.8, 4) is 28.3 Å². The molecule has 7 rings (SSSR count). The number of rotatable bonds is 6. The first-order chi connectivity index (χ1) is 23.4. The van der Waals surface area contributed by atoms with Crippen LogP contribution < -0.4 is 4.74 Å². The van der Waals surface area contributed by atoms with Crippen LogP contribution in [0.1, 0.15) is 43.0 Å². The Labute approximate surface area is 281 Å². The minimum Gasteiger partial charge on any atom is -0.497 e. The fourth-order valence-corrected chi connectivity index (χ4v) is 7.57. The Morgan fingerprint density at radius 1 is 0.750 bits per heavy atom. The number of pyridine rings is 1. The van der Waals surface area contributed by atoms with Gasteiger partial charge in [0.05, 0.1) is 18.5 Å². The van der Waals surface area contributed by atoms with Crippen molar-refractivity contribution < 1.29 is 19.1 Å². The molecule has 2 aromatic heterocycles. The van der Waals surface area contributed by atoms with Gasteiger partial charge in [-0.1, -0.05) is 18.2 Å². The van der Waals surface area contributed by atoms with Crippen LogP contribution in [0.15, 0.2) is 66.9 Å². The molecule has 0 spiro atoms. The first-order valence-corrected chi connectivity index (χ1v) is 17.2. The first-order valence-electron chi connectivity index (χ1n) is 17.2. The number of ether oxygens (including phenoxy) is 1. The molecule has 48 heavy (non-hydrogen) atoms. The number of methoxy groups -OCH3 is 1. The number of aromatic amines is 1. The molecular weight excluding hydrogens is 604 g/mol. The van der Waals surface area contributed by atoms with Gasteiger partial charge >= 0.3 is 0 Å². The Morgan fingerprint density at radius 2 is 1.44 bits per heavy atom. The zero-order chi connectivity index (χ0) is 33.2. The van der Waals surface area contributed by atoms with Crippen LogP contribution in [-0.2, 0) is 9.59 Å². The Bertz CT molecular complexity index is 1800. The Kier molecular flexibility index (Phi) is 9.17. The summed E-state index contributed by atoms with van der Waals surface area (Å²) >= 11 is 0. The van der Waals surface area contributed by atoms with Crippen molar-refractivity contribution in [1.82, 2.24) is 29.6 Å². The van der Waals surface area contributed by atoms with E-state index in [1.165, 1.54) is 0 Å². The number of hydrogen-bond donors (Lipinski definition) is 1. The fraction of sp³-hybridized carbons (Fsp3) is 0.421. The quantitative estimate of drug-likeness (QED) is 0.319. The predicted octanol–water partition coefficient (Wildman–Crippen LogP) is 4.91. The summed E-state index contributed by atoms with van der Waals surface area (Å²) < 4.78 is 5.48. The van der Waals surface area contributed by atoms with E-state index >= 15 is 0 Å². The number of piperidine rings is 2. The third-order valence-corrected chi connectivity index (χ3v) is 10.5. The van der Waals surface area contributed by atoms with Crippen molar-refractivity contribution in [2.24, 2.45) is 5.92 Å². The van der Waals surface area contributed by atoms with E-state index in [0.717, 1.165) is 91.0 Å². The van der Waals surface area contributed by atoms with E-state index in [4.69, 9.17) is 9.72 Å². The number of benzene rings is 2. The zero-order valence-corrected chi connectivity index (χ0v) is 27.9. The van der Waals surface area contributed by atoms with Gasteiger partial charge in [0.15, 0.2) is 0 Å². The summed E-state index contributed by atoms with van der Waals surface area (Å²) in [6.07, 6.45) is 5.35. The van der Waals surface area contributed by atoms with Gasteiger partial charge in [0.25, 0.3) is 5.91 Å². The average molecular weight is 649 g/mol. The molecule has 2 aromatic carbocycles. The summed E-state index contributed by atoms with van der Waals surface area (Å²) in [7, 11) is 1.65. The second kappa shape index (κ2) is 13.8. The molecule has 3 aliphatic rings. The molecule has 0 radical (unpaired) electrons. The van der Waals surface area contributed by atoms with Crippen LogP contribution in [0.4, 0.5) is 0 Å². The molecule has 10 heteroatoms. The molecule has 0 unspecified atom stereocenters. The number of carbonyl (C=O) groups excluding carboxylic acids is 3. The molecular formula is C38H44N6O4. The van der Waals surface area contributed by atoms with E-state index in [1.54, 1.807) is 14.0 Å². The number of nitrogens with one attached hydrogen (secondary N) is 1. The Hall–Kier alpha value is -4.70. The minimum atomic E-state index is 0.0152. The van der Waals surface area contributed by atoms with E-state index in [2.05, 4.69) is 16.0 Å². The molecule has 0 atom stereocenters. The Morgan fingerprint density at radius 3 is 2.12 bits per heavy atom. The molecule has 1 N–H and O–H groups in total. The lowest BCUT2D eigenvalue weighted by Gasteiger charge is -2.43. The van der Waals surface area contributed by atoms with Crippen LogP contribution in [0.5, 0.6) is 5.75 Å². The van der Waals surface area contributed by atoms with Crippen molar-refractivity contribution in [1.29, 1.82) is 0 Å². The zero-order valence-electron chi connectivity index (χ0n) is 27.9. The Balaban J connectivity index is 1.01. The fourth-order valence-electron chi connectivity index (χ4n) is 7.57. The van der Waals surface area contributed by atoms with Crippen LogP contribution >= 0.6 is 0 Å². The van der Waals surface area contributed by atoms with Crippen LogP contribution in [0.3, 0.4) is 0 Å². The number of hydrogen-bond acceptors (Lipinski definition) is 6. The van der Waals surface area contributed by atoms with E-state index in [-0.39, 0.29) is 23.6 Å². The molecule has 3 fully saturated rings. The summed E-state index contributed by atoms with van der Waals surface area (Å²) in [5, 5.41) is 1.09. The lowest BCUT2D eigenvalue weighted by atomic mass is 9.93. The van der Waals surface area contributed by atoms with Crippen molar-refractivity contribution in [2.45, 2.75) is 38.6 Å². The first kappa shape index (κ1) is 31.9. The summed E-state index contributed by atoms with van der Waals surface area (Å²) in [6, 6.07) is 20.3. The highest BCUT2D eigenvalue weighted by molar-refractivity contribution is 5.97. The SMILES string of the molecule is COc1cccc(-c2cc(C(=O)N3CCN(C4CCN(C(=O)C5CCN(C(C)=O)CC5)CC4)CC3)cc(-c3ccc4[nH]ccc4c3)n2)c1. The van der Waals surface area contributed by atoms with E-state index in [0.29, 0.717) is 37.8 Å². The van der Waals surface area contributed by atoms with Crippen molar-refractivity contribution in [3.05, 3.63) is 72.4 Å². The number of aromatic nitrogens is 2. The van der Waals surface area contributed by atoms with Crippen molar-refractivity contribution in [3.63, 3.8) is 0 Å². The molecule has 4 aromatic rings. The van der Waals surface area contributed by atoms with Gasteiger partial charge in [-0.2, -0.15) is 0 Å². The van der Waals surface area contributed by atoms with E-state index in [9.17, 15) is 14.4 Å². The van der Waals surface area contributed by atoms with Gasteiger partial charge in [-0.25, -0.2) is 4.98 Å². The number of fused-ring (bicyclic) bond motifs is 1. The van der Waals surface area contributed by atoms with Crippen molar-refractivity contribution >= 4 is 28.6 Å². The highest BCUT2D eigenvalue weighted by Gasteiger charge is 2.34. The van der Waals surface area contributed by atoms with Crippen LogP contribution in [0, 0.1) is 5.92 Å². The van der Waals surface area contributed by atoms with Crippen molar-refractivity contribution in [2.75, 3.05) is 59.5 Å². The average Bonchev–Trinajstić information content (AvgIpc) is 3.62. The van der Waals surface area contributed by atoms with Gasteiger partial charge in [0.2, 0.25) is 11.8 Å². The van der Waals surface area contributed by atoms with Gasteiger partial charge in [0, 0.05) is 105 Å². The second-order valence-corrected chi connectivity index (χ2v) is 13.3. The normalized spacial score (nSPS) is 18.3. The molecule has 3 aliphatic heterocycles. The van der Waals surface area contributed by atoms with Gasteiger partial charge in [0.1, 0.15) is 5.75 Å². The highest BCUT2D eigenvalue weighted by atomic mass is 16.5. The molecule has 10 nitrogen and oxygen atoms in total. The number of piperazine rings is 1. The lowest BCUT2D eigenvalue weighted by molar-refractivity contribution is -0.141. The van der Waals surface area contributed by atoms with Gasteiger partial charge in [-0.15, -0.1) is 0 Å². The largest absolute Gasteiger partial charge is 0.497 e. The number of carbonyl (C=O) groups is 3. The monoisotopic (exact) mass is 648 g/mol. The third-order valence-electron chi connectivity index (χ3n) is 10.5. The molecule has 3 amide bonds. The van der Waals surface area contributed by atoms with E-state index in [1.807, 2.05) is 75.5 Å². The molecule has 5 heterocycles. The summed E-state index contributed by atoms with van der Waals surface area (Å²) in [4.78, 5) is 55.6. The standard InChI is InChI=1S/C38H44N6O4/c1-26(45)41-14-9-27(10-15-41)37(46)43-16-11-32(12-17-43)42-18-20-44(21-19-42)38(47)31-24-35(28-4-3-5-33(23-28)48-2)40-36(25-31)29-6-7-34-30(22-29)8-13-39-34/h3-8,13,22-25,27,32,39H,9-12,14-21H2,1-2H3. The number of likely N-dealkylation sites (tertiary alicyclic amines) is 2. The van der Waals surface area contributed by atoms with Gasteiger partial charge in [-0.3, -0.25) is 19.3 Å². The molecule has 250 valence electrons. The summed E-state index contributed by atoms with van der Waals surface area (Å²) in [5.41, 5.74) is 5.02. The number of H-pyrrole nitrogens is 1. The third kappa shape index (κ3) is 6.67. The summed E-state index contributed by atoms with van der Waals surface area (Å²) in [6.45, 7) is 7.46. The predicted molar refractivity (Wildman–Crippen MR) is 186 cm³/mol. The van der Waals surface area contributed by atoms with Gasteiger partial charge < -0.3 is 24.4 Å².